The van der Waals surface area contributed by atoms with Crippen molar-refractivity contribution in [2.24, 2.45) is 0 Å². The molecule has 1 heterocycles. The van der Waals surface area contributed by atoms with E-state index in [2.05, 4.69) is 4.98 Å². The van der Waals surface area contributed by atoms with Gasteiger partial charge in [0.25, 0.3) is 6.43 Å². The van der Waals surface area contributed by atoms with Crippen LogP contribution < -0.4 is 0 Å². The average molecular weight is 208 g/mol. The molecule has 0 unspecified atom stereocenters. The van der Waals surface area contributed by atoms with Crippen LogP contribution in [0.1, 0.15) is 23.4 Å². The Bertz CT molecular complexity index is 294. The number of halogens is 3. The fourth-order valence-electron chi connectivity index (χ4n) is 0.985. The number of aryl methyl sites for hydroxylation is 1. The molecule has 0 aliphatic carbocycles. The Morgan fingerprint density at radius 1 is 1.62 bits per heavy atom. The number of hydrogen-bond acceptors (Lipinski definition) is 2. The smallest absolute Gasteiger partial charge is 0.280 e. The van der Waals surface area contributed by atoms with Crippen LogP contribution in [0.15, 0.2) is 6.07 Å². The van der Waals surface area contributed by atoms with E-state index in [9.17, 15) is 8.78 Å². The van der Waals surface area contributed by atoms with Gasteiger partial charge in [0, 0.05) is 16.3 Å². The van der Waals surface area contributed by atoms with Gasteiger partial charge in [-0.05, 0) is 13.0 Å². The molecule has 0 bridgehead atoms. The molecule has 0 radical (unpaired) electrons. The third-order valence-corrected chi connectivity index (χ3v) is 2.02. The molecule has 13 heavy (non-hydrogen) atoms. The Kier molecular flexibility index (Phi) is 3.17. The zero-order chi connectivity index (χ0) is 10.0. The van der Waals surface area contributed by atoms with E-state index in [-0.39, 0.29) is 17.3 Å². The highest BCUT2D eigenvalue weighted by molar-refractivity contribution is 6.31. The molecule has 1 aromatic rings. The van der Waals surface area contributed by atoms with Crippen molar-refractivity contribution in [3.05, 3.63) is 28.0 Å². The molecule has 0 aromatic carbocycles. The number of aromatic nitrogens is 1. The first kappa shape index (κ1) is 10.3. The van der Waals surface area contributed by atoms with Crippen LogP contribution in [0.2, 0.25) is 5.02 Å². The van der Waals surface area contributed by atoms with E-state index in [1.54, 1.807) is 0 Å². The van der Waals surface area contributed by atoms with Gasteiger partial charge in [-0.1, -0.05) is 11.6 Å². The maximum Gasteiger partial charge on any atom is 0.280 e. The van der Waals surface area contributed by atoms with Crippen LogP contribution in [0.25, 0.3) is 0 Å². The number of nitrogens with zero attached hydrogens (tertiary/aromatic N) is 1. The minimum Gasteiger partial charge on any atom is -0.392 e. The number of pyridine rings is 1. The van der Waals surface area contributed by atoms with E-state index in [1.807, 2.05) is 0 Å². The van der Waals surface area contributed by atoms with Crippen molar-refractivity contribution < 1.29 is 13.9 Å². The van der Waals surface area contributed by atoms with Gasteiger partial charge in [0.15, 0.2) is 0 Å². The predicted molar refractivity (Wildman–Crippen MR) is 44.9 cm³/mol. The van der Waals surface area contributed by atoms with E-state index in [1.165, 1.54) is 6.92 Å². The SMILES string of the molecule is Cc1nc(C(F)F)cc(Cl)c1CO. The summed E-state index contributed by atoms with van der Waals surface area (Å²) in [7, 11) is 0. The van der Waals surface area contributed by atoms with Gasteiger partial charge in [-0.15, -0.1) is 0 Å². The third-order valence-electron chi connectivity index (χ3n) is 1.68. The van der Waals surface area contributed by atoms with Gasteiger partial charge >= 0.3 is 0 Å². The summed E-state index contributed by atoms with van der Waals surface area (Å²) in [5, 5.41) is 8.95. The lowest BCUT2D eigenvalue weighted by molar-refractivity contribution is 0.145. The van der Waals surface area contributed by atoms with Gasteiger partial charge in [-0.2, -0.15) is 0 Å². The molecule has 5 heteroatoms. The first-order valence-electron chi connectivity index (χ1n) is 3.61. The topological polar surface area (TPSA) is 33.1 Å². The van der Waals surface area contributed by atoms with Gasteiger partial charge in [-0.3, -0.25) is 4.98 Å². The van der Waals surface area contributed by atoms with Gasteiger partial charge < -0.3 is 5.11 Å². The largest absolute Gasteiger partial charge is 0.392 e. The maximum atomic E-state index is 12.2. The molecule has 0 atom stereocenters. The molecular weight excluding hydrogens is 200 g/mol. The lowest BCUT2D eigenvalue weighted by atomic mass is 10.2. The molecule has 2 nitrogen and oxygen atoms in total. The number of rotatable bonds is 2. The highest BCUT2D eigenvalue weighted by atomic mass is 35.5. The van der Waals surface area contributed by atoms with Crippen molar-refractivity contribution in [3.8, 4) is 0 Å². The summed E-state index contributed by atoms with van der Waals surface area (Å²) in [6, 6.07) is 1.07. The molecule has 0 fully saturated rings. The van der Waals surface area contributed by atoms with Crippen molar-refractivity contribution in [3.63, 3.8) is 0 Å². The van der Waals surface area contributed by atoms with Crippen molar-refractivity contribution in [2.45, 2.75) is 20.0 Å². The van der Waals surface area contributed by atoms with Gasteiger partial charge in [-0.25, -0.2) is 8.78 Å². The summed E-state index contributed by atoms with van der Waals surface area (Å²) in [5.74, 6) is 0. The Morgan fingerprint density at radius 3 is 2.62 bits per heavy atom. The Hall–Kier alpha value is -0.740. The summed E-state index contributed by atoms with van der Waals surface area (Å²) in [6.45, 7) is 1.24. The van der Waals surface area contributed by atoms with Gasteiger partial charge in [0.2, 0.25) is 0 Å². The zero-order valence-electron chi connectivity index (χ0n) is 6.89. The highest BCUT2D eigenvalue weighted by Crippen LogP contribution is 2.24. The molecule has 0 saturated heterocycles. The van der Waals surface area contributed by atoms with Crippen molar-refractivity contribution in [2.75, 3.05) is 0 Å². The quantitative estimate of drug-likeness (QED) is 0.808. The van der Waals surface area contributed by atoms with E-state index in [4.69, 9.17) is 16.7 Å². The average Bonchev–Trinajstić information content (AvgIpc) is 2.03. The number of aliphatic hydroxyl groups is 1. The maximum absolute atomic E-state index is 12.2. The van der Waals surface area contributed by atoms with Gasteiger partial charge in [0.1, 0.15) is 5.69 Å². The molecule has 0 saturated carbocycles. The van der Waals surface area contributed by atoms with Gasteiger partial charge in [0.05, 0.1) is 6.61 Å². The summed E-state index contributed by atoms with van der Waals surface area (Å²) < 4.78 is 24.4. The van der Waals surface area contributed by atoms with Crippen molar-refractivity contribution in [1.82, 2.24) is 4.98 Å². The zero-order valence-corrected chi connectivity index (χ0v) is 7.65. The van der Waals surface area contributed by atoms with Crippen LogP contribution in [0.5, 0.6) is 0 Å². The van der Waals surface area contributed by atoms with Crippen LogP contribution in [-0.2, 0) is 6.61 Å². The van der Waals surface area contributed by atoms with E-state index < -0.39 is 6.43 Å². The monoisotopic (exact) mass is 207 g/mol. The van der Waals surface area contributed by atoms with Crippen LogP contribution in [0.3, 0.4) is 0 Å². The summed E-state index contributed by atoms with van der Waals surface area (Å²) in [4.78, 5) is 3.61. The molecule has 1 rings (SSSR count). The lowest BCUT2D eigenvalue weighted by Crippen LogP contribution is -1.99. The predicted octanol–water partition coefficient (Wildman–Crippen LogP) is 2.47. The first-order valence-corrected chi connectivity index (χ1v) is 3.99. The molecule has 1 N–H and O–H groups in total. The van der Waals surface area contributed by atoms with Crippen LogP contribution in [0.4, 0.5) is 8.78 Å². The Morgan fingerprint density at radius 2 is 2.23 bits per heavy atom. The molecule has 0 amide bonds. The molecule has 1 aromatic heterocycles. The molecule has 72 valence electrons. The van der Waals surface area contributed by atoms with E-state index >= 15 is 0 Å². The summed E-state index contributed by atoms with van der Waals surface area (Å²) >= 11 is 5.65. The molecular formula is C8H8ClF2NO. The second-order valence-corrected chi connectivity index (χ2v) is 2.96. The molecule has 0 aliphatic rings. The highest BCUT2D eigenvalue weighted by Gasteiger charge is 2.13. The Balaban J connectivity index is 3.20. The summed E-state index contributed by atoms with van der Waals surface area (Å²) in [6.07, 6.45) is -2.64. The number of aliphatic hydroxyl groups excluding tert-OH is 1. The van der Waals surface area contributed by atoms with Crippen LogP contribution >= 0.6 is 11.6 Å². The minimum absolute atomic E-state index is 0.130. The fourth-order valence-corrected chi connectivity index (χ4v) is 1.29. The van der Waals surface area contributed by atoms with Crippen LogP contribution in [-0.4, -0.2) is 10.1 Å². The Labute approximate surface area is 79.2 Å². The number of hydrogen-bond donors (Lipinski definition) is 1. The van der Waals surface area contributed by atoms with E-state index in [0.29, 0.717) is 11.3 Å². The number of alkyl halides is 2. The van der Waals surface area contributed by atoms with E-state index in [0.717, 1.165) is 6.07 Å². The first-order chi connectivity index (χ1) is 6.06. The second-order valence-electron chi connectivity index (χ2n) is 2.55. The molecule has 0 aliphatic heterocycles. The second kappa shape index (κ2) is 3.98. The van der Waals surface area contributed by atoms with Crippen LogP contribution in [0, 0.1) is 6.92 Å². The minimum atomic E-state index is -2.64. The lowest BCUT2D eigenvalue weighted by Gasteiger charge is -2.07. The molecule has 0 spiro atoms. The fraction of sp³-hybridized carbons (Fsp3) is 0.375. The van der Waals surface area contributed by atoms with Crippen molar-refractivity contribution >= 4 is 11.6 Å². The normalized spacial score (nSPS) is 10.9. The standard InChI is InChI=1S/C8H8ClF2NO/c1-4-5(3-13)6(9)2-7(12-4)8(10)11/h2,8,13H,3H2,1H3. The third kappa shape index (κ3) is 2.14. The summed E-state index contributed by atoms with van der Waals surface area (Å²) in [5.41, 5.74) is 0.371. The van der Waals surface area contributed by atoms with Crippen molar-refractivity contribution in [1.29, 1.82) is 0 Å².